The predicted octanol–water partition coefficient (Wildman–Crippen LogP) is -0.253. The zero-order chi connectivity index (χ0) is 27.1. The normalized spacial score (nSPS) is 14.5. The van der Waals surface area contributed by atoms with Crippen LogP contribution in [0.15, 0.2) is 12.5 Å². The monoisotopic (exact) mass is 527 g/mol. The molecule has 0 bridgehead atoms. The molecule has 0 aromatic carbocycles. The number of hydrogen-bond acceptors (Lipinski definition) is 8. The molecule has 4 unspecified atom stereocenters. The van der Waals surface area contributed by atoms with Gasteiger partial charge in [-0.1, -0.05) is 13.8 Å². The van der Waals surface area contributed by atoms with Crippen molar-refractivity contribution in [3.05, 3.63) is 18.2 Å². The van der Waals surface area contributed by atoms with Crippen LogP contribution in [0.4, 0.5) is 0 Å². The summed E-state index contributed by atoms with van der Waals surface area (Å²) in [7, 11) is 0. The first-order valence-corrected chi connectivity index (χ1v) is 13.5. The average Bonchev–Trinajstić information content (AvgIpc) is 3.33. The molecule has 36 heavy (non-hydrogen) atoms. The van der Waals surface area contributed by atoms with Gasteiger partial charge in [-0.05, 0) is 56.6 Å². The van der Waals surface area contributed by atoms with Crippen LogP contribution in [0.25, 0.3) is 0 Å². The molecule has 0 saturated carbocycles. The molecule has 0 aliphatic carbocycles. The second kappa shape index (κ2) is 16.9. The number of carbonyl (C=O) groups excluding carboxylic acids is 3. The molecular formula is C23H41N7O5S. The van der Waals surface area contributed by atoms with E-state index in [-0.39, 0.29) is 18.8 Å². The molecule has 0 aliphatic rings. The van der Waals surface area contributed by atoms with Crippen LogP contribution in [-0.2, 0) is 25.6 Å². The Labute approximate surface area is 216 Å². The number of nitrogens with one attached hydrogen (secondary N) is 4. The van der Waals surface area contributed by atoms with E-state index in [1.54, 1.807) is 11.8 Å². The molecule has 0 spiro atoms. The molecule has 0 saturated heterocycles. The number of aromatic amines is 1. The van der Waals surface area contributed by atoms with E-state index in [1.165, 1.54) is 12.5 Å². The minimum atomic E-state index is -1.17. The molecule has 204 valence electrons. The molecule has 1 aromatic rings. The summed E-state index contributed by atoms with van der Waals surface area (Å²) in [6, 6.07) is -3.87. The van der Waals surface area contributed by atoms with Gasteiger partial charge >= 0.3 is 5.97 Å². The average molecular weight is 528 g/mol. The standard InChI is InChI=1S/C23H41N7O5S/c1-14(2)10-18(29-20(31)16(25)7-9-36-3)21(32)30-19(11-15-12-26-13-27-15)22(33)28-17(23(34)35)6-4-5-8-24/h12-14,16-19H,4-11,24-25H2,1-3H3,(H,26,27)(H,28,33)(H,29,31)(H,30,32)(H,34,35). The van der Waals surface area contributed by atoms with Crippen molar-refractivity contribution in [1.82, 2.24) is 25.9 Å². The van der Waals surface area contributed by atoms with Crippen LogP contribution in [0, 0.1) is 5.92 Å². The Kier molecular flexibility index (Phi) is 14.8. The maximum Gasteiger partial charge on any atom is 0.326 e. The fourth-order valence-electron chi connectivity index (χ4n) is 3.48. The Morgan fingerprint density at radius 1 is 1.03 bits per heavy atom. The number of nitrogens with two attached hydrogens (primary N) is 2. The third-order valence-electron chi connectivity index (χ3n) is 5.48. The molecule has 0 fully saturated rings. The second-order valence-electron chi connectivity index (χ2n) is 9.10. The van der Waals surface area contributed by atoms with E-state index < -0.39 is 47.9 Å². The number of nitrogens with zero attached hydrogens (tertiary/aromatic N) is 1. The van der Waals surface area contributed by atoms with Crippen LogP contribution < -0.4 is 27.4 Å². The van der Waals surface area contributed by atoms with Gasteiger partial charge in [0, 0.05) is 18.3 Å². The number of imidazole rings is 1. The number of rotatable bonds is 18. The van der Waals surface area contributed by atoms with Crippen molar-refractivity contribution in [2.45, 2.75) is 76.5 Å². The Bertz CT molecular complexity index is 822. The van der Waals surface area contributed by atoms with E-state index >= 15 is 0 Å². The highest BCUT2D eigenvalue weighted by molar-refractivity contribution is 7.98. The van der Waals surface area contributed by atoms with Gasteiger partial charge in [0.05, 0.1) is 12.4 Å². The Balaban J connectivity index is 3.01. The molecule has 4 atom stereocenters. The Morgan fingerprint density at radius 2 is 1.67 bits per heavy atom. The summed E-state index contributed by atoms with van der Waals surface area (Å²) >= 11 is 1.57. The van der Waals surface area contributed by atoms with Gasteiger partial charge in [0.25, 0.3) is 0 Å². The van der Waals surface area contributed by atoms with Crippen molar-refractivity contribution in [2.75, 3.05) is 18.6 Å². The minimum Gasteiger partial charge on any atom is -0.480 e. The zero-order valence-electron chi connectivity index (χ0n) is 21.3. The topological polar surface area (TPSA) is 205 Å². The zero-order valence-corrected chi connectivity index (χ0v) is 22.1. The highest BCUT2D eigenvalue weighted by Gasteiger charge is 2.31. The maximum absolute atomic E-state index is 13.2. The summed E-state index contributed by atoms with van der Waals surface area (Å²) in [6.07, 6.45) is 7.10. The molecule has 13 heteroatoms. The van der Waals surface area contributed by atoms with Gasteiger partial charge in [0.2, 0.25) is 17.7 Å². The number of aliphatic carboxylic acids is 1. The summed E-state index contributed by atoms with van der Waals surface area (Å²) < 4.78 is 0. The number of H-pyrrole nitrogens is 1. The van der Waals surface area contributed by atoms with Crippen LogP contribution in [0.3, 0.4) is 0 Å². The van der Waals surface area contributed by atoms with Gasteiger partial charge in [0.15, 0.2) is 0 Å². The minimum absolute atomic E-state index is 0.0578. The highest BCUT2D eigenvalue weighted by Crippen LogP contribution is 2.09. The maximum atomic E-state index is 13.2. The summed E-state index contributed by atoms with van der Waals surface area (Å²) in [6.45, 7) is 4.24. The molecule has 9 N–H and O–H groups in total. The van der Waals surface area contributed by atoms with Crippen molar-refractivity contribution in [2.24, 2.45) is 17.4 Å². The lowest BCUT2D eigenvalue weighted by atomic mass is 10.0. The lowest BCUT2D eigenvalue weighted by molar-refractivity contribution is -0.142. The number of carboxylic acids is 1. The van der Waals surface area contributed by atoms with Gasteiger partial charge in [-0.2, -0.15) is 11.8 Å². The quantitative estimate of drug-likeness (QED) is 0.125. The Hall–Kier alpha value is -2.64. The molecular weight excluding hydrogens is 486 g/mol. The fraction of sp³-hybridized carbons (Fsp3) is 0.696. The van der Waals surface area contributed by atoms with E-state index in [9.17, 15) is 24.3 Å². The fourth-order valence-corrected chi connectivity index (χ4v) is 3.97. The van der Waals surface area contributed by atoms with Gasteiger partial charge in [-0.15, -0.1) is 0 Å². The highest BCUT2D eigenvalue weighted by atomic mass is 32.2. The first-order valence-electron chi connectivity index (χ1n) is 12.1. The summed E-state index contributed by atoms with van der Waals surface area (Å²) in [5, 5.41) is 17.4. The molecule has 12 nitrogen and oxygen atoms in total. The number of carboxylic acid groups (broad SMARTS) is 1. The number of carbonyl (C=O) groups is 4. The third-order valence-corrected chi connectivity index (χ3v) is 6.13. The summed E-state index contributed by atoms with van der Waals surface area (Å²) in [5.41, 5.74) is 12.0. The molecule has 1 aromatic heterocycles. The van der Waals surface area contributed by atoms with Crippen molar-refractivity contribution in [3.63, 3.8) is 0 Å². The molecule has 0 radical (unpaired) electrons. The predicted molar refractivity (Wildman–Crippen MR) is 139 cm³/mol. The van der Waals surface area contributed by atoms with Crippen molar-refractivity contribution < 1.29 is 24.3 Å². The van der Waals surface area contributed by atoms with Crippen LogP contribution in [0.1, 0.15) is 51.6 Å². The van der Waals surface area contributed by atoms with E-state index in [0.717, 1.165) is 0 Å². The van der Waals surface area contributed by atoms with Gasteiger partial charge in [-0.25, -0.2) is 9.78 Å². The van der Waals surface area contributed by atoms with Gasteiger partial charge in [-0.3, -0.25) is 14.4 Å². The van der Waals surface area contributed by atoms with Crippen molar-refractivity contribution in [1.29, 1.82) is 0 Å². The van der Waals surface area contributed by atoms with Gasteiger partial charge in [0.1, 0.15) is 18.1 Å². The molecule has 0 aliphatic heterocycles. The van der Waals surface area contributed by atoms with Crippen LogP contribution in [-0.4, -0.2) is 81.5 Å². The number of hydrogen-bond donors (Lipinski definition) is 7. The number of aromatic nitrogens is 2. The lowest BCUT2D eigenvalue weighted by Crippen LogP contribution is -2.58. The van der Waals surface area contributed by atoms with Crippen molar-refractivity contribution in [3.8, 4) is 0 Å². The summed E-state index contributed by atoms with van der Waals surface area (Å²) in [5.74, 6) is -2.03. The van der Waals surface area contributed by atoms with E-state index in [2.05, 4.69) is 25.9 Å². The van der Waals surface area contributed by atoms with Crippen LogP contribution in [0.5, 0.6) is 0 Å². The van der Waals surface area contributed by atoms with E-state index in [1.807, 2.05) is 20.1 Å². The third kappa shape index (κ3) is 11.9. The first kappa shape index (κ1) is 31.4. The second-order valence-corrected chi connectivity index (χ2v) is 10.1. The lowest BCUT2D eigenvalue weighted by Gasteiger charge is -2.26. The SMILES string of the molecule is CSCCC(N)C(=O)NC(CC(C)C)C(=O)NC(Cc1cnc[nH]1)C(=O)NC(CCCCN)C(=O)O. The van der Waals surface area contributed by atoms with Gasteiger partial charge < -0.3 is 37.5 Å². The smallest absolute Gasteiger partial charge is 0.326 e. The number of thioether (sulfide) groups is 1. The van der Waals surface area contributed by atoms with E-state index in [4.69, 9.17) is 11.5 Å². The first-order chi connectivity index (χ1) is 17.1. The molecule has 3 amide bonds. The Morgan fingerprint density at radius 3 is 2.22 bits per heavy atom. The number of amides is 3. The van der Waals surface area contributed by atoms with E-state index in [0.29, 0.717) is 43.7 Å². The van der Waals surface area contributed by atoms with Crippen LogP contribution in [0.2, 0.25) is 0 Å². The largest absolute Gasteiger partial charge is 0.480 e. The van der Waals surface area contributed by atoms with Crippen LogP contribution >= 0.6 is 11.8 Å². The van der Waals surface area contributed by atoms with Crippen molar-refractivity contribution >= 4 is 35.5 Å². The molecule has 1 rings (SSSR count). The number of unbranched alkanes of at least 4 members (excludes halogenated alkanes) is 1. The molecule has 1 heterocycles. The summed E-state index contributed by atoms with van der Waals surface area (Å²) in [4.78, 5) is 57.4.